The van der Waals surface area contributed by atoms with Gasteiger partial charge in [0.15, 0.2) is 5.82 Å². The molecule has 23 heavy (non-hydrogen) atoms. The molecule has 0 radical (unpaired) electrons. The maximum atomic E-state index is 5.58. The molecule has 0 aromatic carbocycles. The molecule has 1 aromatic heterocycles. The number of hydrogen-bond acceptors (Lipinski definition) is 5. The molecular weight excluding hydrogens is 288 g/mol. The van der Waals surface area contributed by atoms with Crippen molar-refractivity contribution in [3.63, 3.8) is 0 Å². The van der Waals surface area contributed by atoms with E-state index in [0.29, 0.717) is 12.4 Å². The van der Waals surface area contributed by atoms with Gasteiger partial charge in [0.2, 0.25) is 5.89 Å². The van der Waals surface area contributed by atoms with E-state index in [2.05, 4.69) is 15.0 Å². The molecule has 1 aromatic rings. The molecule has 2 saturated carbocycles. The van der Waals surface area contributed by atoms with Gasteiger partial charge in [-0.3, -0.25) is 4.90 Å². The lowest BCUT2D eigenvalue weighted by Crippen LogP contribution is -2.35. The molecule has 0 spiro atoms. The summed E-state index contributed by atoms with van der Waals surface area (Å²) >= 11 is 0. The quantitative estimate of drug-likeness (QED) is 0.833. The van der Waals surface area contributed by atoms with Crippen LogP contribution in [-0.4, -0.2) is 28.1 Å². The van der Waals surface area contributed by atoms with Crippen LogP contribution in [0, 0.1) is 11.8 Å². The van der Waals surface area contributed by atoms with Gasteiger partial charge in [-0.1, -0.05) is 43.7 Å². The average Bonchev–Trinajstić information content (AvgIpc) is 3.04. The fourth-order valence-electron chi connectivity index (χ4n) is 4.31. The molecule has 2 fully saturated rings. The van der Waals surface area contributed by atoms with Crippen molar-refractivity contribution in [2.24, 2.45) is 17.6 Å². The van der Waals surface area contributed by atoms with Gasteiger partial charge in [-0.25, -0.2) is 0 Å². The first kappa shape index (κ1) is 16.9. The van der Waals surface area contributed by atoms with E-state index in [1.807, 2.05) is 0 Å². The number of aromatic nitrogens is 2. The topological polar surface area (TPSA) is 68.2 Å². The average molecular weight is 320 g/mol. The van der Waals surface area contributed by atoms with E-state index < -0.39 is 0 Å². The van der Waals surface area contributed by atoms with Gasteiger partial charge in [0.1, 0.15) is 0 Å². The molecule has 5 nitrogen and oxygen atoms in total. The van der Waals surface area contributed by atoms with Crippen molar-refractivity contribution >= 4 is 0 Å². The molecule has 130 valence electrons. The van der Waals surface area contributed by atoms with Crippen molar-refractivity contribution in [3.05, 3.63) is 11.7 Å². The van der Waals surface area contributed by atoms with E-state index in [4.69, 9.17) is 10.3 Å². The van der Waals surface area contributed by atoms with E-state index in [1.54, 1.807) is 0 Å². The zero-order valence-corrected chi connectivity index (χ0v) is 14.4. The lowest BCUT2D eigenvalue weighted by atomic mass is 9.87. The fraction of sp³-hybridized carbons (Fsp3) is 0.889. The molecule has 2 N–H and O–H groups in total. The largest absolute Gasteiger partial charge is 0.338 e. The van der Waals surface area contributed by atoms with Crippen LogP contribution in [0.15, 0.2) is 4.52 Å². The Hall–Kier alpha value is -0.940. The standard InChI is InChI=1S/C18H32N4O/c19-11-18-20-17(21-23-18)14-22(12-15-7-3-1-4-8-15)13-16-9-5-2-6-10-16/h15-16H,1-14,19H2. The predicted molar refractivity (Wildman–Crippen MR) is 90.6 cm³/mol. The minimum atomic E-state index is 0.332. The highest BCUT2D eigenvalue weighted by Gasteiger charge is 2.23. The lowest BCUT2D eigenvalue weighted by molar-refractivity contribution is 0.149. The highest BCUT2D eigenvalue weighted by atomic mass is 16.5. The lowest BCUT2D eigenvalue weighted by Gasteiger charge is -2.33. The molecule has 3 rings (SSSR count). The highest BCUT2D eigenvalue weighted by Crippen LogP contribution is 2.28. The third-order valence-electron chi connectivity index (χ3n) is 5.53. The van der Waals surface area contributed by atoms with Crippen LogP contribution in [-0.2, 0) is 13.1 Å². The van der Waals surface area contributed by atoms with E-state index in [-0.39, 0.29) is 0 Å². The molecule has 0 amide bonds. The number of rotatable bonds is 7. The third-order valence-corrected chi connectivity index (χ3v) is 5.53. The summed E-state index contributed by atoms with van der Waals surface area (Å²) in [7, 11) is 0. The van der Waals surface area contributed by atoms with Crippen LogP contribution in [0.1, 0.15) is 75.9 Å². The first-order valence-electron chi connectivity index (χ1n) is 9.57. The van der Waals surface area contributed by atoms with Gasteiger partial charge in [-0.05, 0) is 37.5 Å². The molecule has 0 aliphatic heterocycles. The van der Waals surface area contributed by atoms with Gasteiger partial charge in [-0.2, -0.15) is 4.98 Å². The second kappa shape index (κ2) is 8.78. The van der Waals surface area contributed by atoms with Gasteiger partial charge in [0, 0.05) is 13.1 Å². The zero-order chi connectivity index (χ0) is 15.9. The predicted octanol–water partition coefficient (Wildman–Crippen LogP) is 3.49. The van der Waals surface area contributed by atoms with Crippen molar-refractivity contribution in [3.8, 4) is 0 Å². The summed E-state index contributed by atoms with van der Waals surface area (Å²) in [6.45, 7) is 3.54. The molecule has 1 heterocycles. The molecule has 0 saturated heterocycles. The normalized spacial score (nSPS) is 21.1. The van der Waals surface area contributed by atoms with Crippen LogP contribution in [0.2, 0.25) is 0 Å². The first-order chi connectivity index (χ1) is 11.3. The first-order valence-corrected chi connectivity index (χ1v) is 9.57. The van der Waals surface area contributed by atoms with E-state index in [9.17, 15) is 0 Å². The molecule has 2 aliphatic rings. The minimum Gasteiger partial charge on any atom is -0.338 e. The van der Waals surface area contributed by atoms with Gasteiger partial charge in [0.25, 0.3) is 0 Å². The van der Waals surface area contributed by atoms with Crippen LogP contribution in [0.3, 0.4) is 0 Å². The van der Waals surface area contributed by atoms with E-state index in [1.165, 1.54) is 77.3 Å². The Morgan fingerprint density at radius 1 is 0.913 bits per heavy atom. The summed E-state index contributed by atoms with van der Waals surface area (Å²) in [4.78, 5) is 7.00. The van der Waals surface area contributed by atoms with Gasteiger partial charge < -0.3 is 10.3 Å². The summed E-state index contributed by atoms with van der Waals surface area (Å²) < 4.78 is 5.18. The SMILES string of the molecule is NCc1nc(CN(CC2CCCCC2)CC2CCCCC2)no1. The maximum absolute atomic E-state index is 5.58. The van der Waals surface area contributed by atoms with Gasteiger partial charge >= 0.3 is 0 Å². The molecule has 5 heteroatoms. The van der Waals surface area contributed by atoms with E-state index in [0.717, 1.165) is 24.2 Å². The summed E-state index contributed by atoms with van der Waals surface area (Å²) in [5.41, 5.74) is 5.58. The fourth-order valence-corrected chi connectivity index (χ4v) is 4.31. The third kappa shape index (κ3) is 5.28. The molecule has 2 aliphatic carbocycles. The summed E-state index contributed by atoms with van der Waals surface area (Å²) in [6.07, 6.45) is 14.0. The summed E-state index contributed by atoms with van der Waals surface area (Å²) in [6, 6.07) is 0. The van der Waals surface area contributed by atoms with Crippen LogP contribution < -0.4 is 5.73 Å². The number of nitrogens with zero attached hydrogens (tertiary/aromatic N) is 3. The zero-order valence-electron chi connectivity index (χ0n) is 14.4. The van der Waals surface area contributed by atoms with Crippen molar-refractivity contribution in [1.82, 2.24) is 15.0 Å². The monoisotopic (exact) mass is 320 g/mol. The Morgan fingerprint density at radius 2 is 1.48 bits per heavy atom. The summed E-state index contributed by atoms with van der Waals surface area (Å²) in [5.74, 6) is 3.06. The van der Waals surface area contributed by atoms with Crippen LogP contribution in [0.4, 0.5) is 0 Å². The Labute approximate surface area is 140 Å². The van der Waals surface area contributed by atoms with Crippen LogP contribution in [0.25, 0.3) is 0 Å². The molecule has 0 atom stereocenters. The van der Waals surface area contributed by atoms with Crippen molar-refractivity contribution in [1.29, 1.82) is 0 Å². The molecular formula is C18H32N4O. The Bertz CT molecular complexity index is 430. The van der Waals surface area contributed by atoms with Crippen molar-refractivity contribution in [2.45, 2.75) is 77.3 Å². The van der Waals surface area contributed by atoms with Gasteiger partial charge in [0.05, 0.1) is 13.1 Å². The van der Waals surface area contributed by atoms with Crippen LogP contribution >= 0.6 is 0 Å². The molecule has 0 bridgehead atoms. The Morgan fingerprint density at radius 3 is 1.96 bits per heavy atom. The van der Waals surface area contributed by atoms with Crippen molar-refractivity contribution < 1.29 is 4.52 Å². The van der Waals surface area contributed by atoms with Gasteiger partial charge in [-0.15, -0.1) is 0 Å². The Balaban J connectivity index is 1.58. The summed E-state index contributed by atoms with van der Waals surface area (Å²) in [5, 5.41) is 4.11. The van der Waals surface area contributed by atoms with Crippen molar-refractivity contribution in [2.75, 3.05) is 13.1 Å². The minimum absolute atomic E-state index is 0.332. The maximum Gasteiger partial charge on any atom is 0.240 e. The smallest absolute Gasteiger partial charge is 0.240 e. The Kier molecular flexibility index (Phi) is 6.46. The second-order valence-corrected chi connectivity index (χ2v) is 7.51. The molecule has 0 unspecified atom stereocenters. The highest BCUT2D eigenvalue weighted by molar-refractivity contribution is 4.87. The van der Waals surface area contributed by atoms with E-state index >= 15 is 0 Å². The number of hydrogen-bond donors (Lipinski definition) is 1. The number of nitrogens with two attached hydrogens (primary N) is 1. The van der Waals surface area contributed by atoms with Crippen LogP contribution in [0.5, 0.6) is 0 Å². The second-order valence-electron chi connectivity index (χ2n) is 7.51.